The van der Waals surface area contributed by atoms with Crippen molar-refractivity contribution in [3.05, 3.63) is 48.7 Å². The van der Waals surface area contributed by atoms with Gasteiger partial charge in [0.1, 0.15) is 0 Å². The van der Waals surface area contributed by atoms with Gasteiger partial charge in [-0.2, -0.15) is 5.10 Å². The van der Waals surface area contributed by atoms with E-state index >= 15 is 0 Å². The summed E-state index contributed by atoms with van der Waals surface area (Å²) >= 11 is 0. The summed E-state index contributed by atoms with van der Waals surface area (Å²) in [5.74, 6) is -0.148. The Morgan fingerprint density at radius 2 is 2.03 bits per heavy atom. The molecule has 3 aromatic heterocycles. The number of anilines is 1. The molecule has 5 rings (SSSR count). The van der Waals surface area contributed by atoms with Gasteiger partial charge in [-0.3, -0.25) is 14.8 Å². The van der Waals surface area contributed by atoms with Crippen molar-refractivity contribution in [1.29, 1.82) is 0 Å². The molecule has 4 aromatic rings. The quantitative estimate of drug-likeness (QED) is 0.534. The van der Waals surface area contributed by atoms with Gasteiger partial charge in [0.25, 0.3) is 5.91 Å². The second kappa shape index (κ2) is 7.64. The van der Waals surface area contributed by atoms with Crippen molar-refractivity contribution in [3.63, 3.8) is 0 Å². The zero-order chi connectivity index (χ0) is 20.5. The zero-order valence-corrected chi connectivity index (χ0v) is 16.5. The number of benzene rings is 1. The molecule has 0 saturated carbocycles. The van der Waals surface area contributed by atoms with Gasteiger partial charge in [-0.15, -0.1) is 5.10 Å². The monoisotopic (exact) mass is 403 g/mol. The Kier molecular flexibility index (Phi) is 4.68. The van der Waals surface area contributed by atoms with E-state index in [9.17, 15) is 4.79 Å². The number of nitrogens with zero attached hydrogens (tertiary/aromatic N) is 7. The number of hydrogen-bond acceptors (Lipinski definition) is 7. The Morgan fingerprint density at radius 3 is 2.83 bits per heavy atom. The van der Waals surface area contributed by atoms with Crippen molar-refractivity contribution in [1.82, 2.24) is 40.1 Å². The Labute approximate surface area is 172 Å². The van der Waals surface area contributed by atoms with Crippen molar-refractivity contribution < 1.29 is 4.79 Å². The zero-order valence-electron chi connectivity index (χ0n) is 16.5. The molecule has 1 aliphatic heterocycles. The average molecular weight is 403 g/mol. The molecule has 4 heterocycles. The third kappa shape index (κ3) is 3.64. The van der Waals surface area contributed by atoms with Crippen molar-refractivity contribution in [2.75, 3.05) is 18.4 Å². The molecule has 0 atom stereocenters. The van der Waals surface area contributed by atoms with Crippen molar-refractivity contribution >= 4 is 22.8 Å². The molecule has 0 bridgehead atoms. The summed E-state index contributed by atoms with van der Waals surface area (Å²) in [5.41, 5.74) is 2.98. The first-order chi connectivity index (χ1) is 14.7. The van der Waals surface area contributed by atoms with Gasteiger partial charge in [0.05, 0.1) is 24.0 Å². The maximum Gasteiger partial charge on any atom is 0.280 e. The largest absolute Gasteiger partial charge is 0.317 e. The standard InChI is InChI=1S/C20H21N9O/c1-28-11-15(10-23-28)13-2-3-14-9-22-20(24-17(14)8-13)25-19(30)18-12-29(27-26-18)16-4-6-21-7-5-16/h2-3,8-12,16,21H,4-7H2,1H3,(H,22,24,25,30). The van der Waals surface area contributed by atoms with Crippen LogP contribution < -0.4 is 10.6 Å². The lowest BCUT2D eigenvalue weighted by Crippen LogP contribution is -2.29. The van der Waals surface area contributed by atoms with Crippen LogP contribution >= 0.6 is 0 Å². The van der Waals surface area contributed by atoms with Gasteiger partial charge in [0.2, 0.25) is 5.95 Å². The van der Waals surface area contributed by atoms with Crippen LogP contribution in [-0.2, 0) is 7.05 Å². The first-order valence-electron chi connectivity index (χ1n) is 9.85. The Bertz CT molecular complexity index is 1210. The second-order valence-corrected chi connectivity index (χ2v) is 7.39. The van der Waals surface area contributed by atoms with Crippen molar-refractivity contribution in [3.8, 4) is 11.1 Å². The smallest absolute Gasteiger partial charge is 0.280 e. The summed E-state index contributed by atoms with van der Waals surface area (Å²) in [6.07, 6.45) is 9.06. The lowest BCUT2D eigenvalue weighted by atomic mass is 10.1. The van der Waals surface area contributed by atoms with Gasteiger partial charge in [-0.25, -0.2) is 14.6 Å². The molecule has 2 N–H and O–H groups in total. The van der Waals surface area contributed by atoms with Gasteiger partial charge < -0.3 is 5.32 Å². The summed E-state index contributed by atoms with van der Waals surface area (Å²) < 4.78 is 3.53. The highest BCUT2D eigenvalue weighted by atomic mass is 16.2. The van der Waals surface area contributed by atoms with Gasteiger partial charge in [-0.05, 0) is 37.6 Å². The fourth-order valence-electron chi connectivity index (χ4n) is 3.63. The van der Waals surface area contributed by atoms with Crippen LogP contribution in [-0.4, -0.2) is 53.7 Å². The number of fused-ring (bicyclic) bond motifs is 1. The highest BCUT2D eigenvalue weighted by Gasteiger charge is 2.19. The molecule has 30 heavy (non-hydrogen) atoms. The summed E-state index contributed by atoms with van der Waals surface area (Å²) in [6.45, 7) is 1.88. The number of aryl methyl sites for hydroxylation is 1. The van der Waals surface area contributed by atoms with Gasteiger partial charge in [0, 0.05) is 30.4 Å². The molecule has 1 aliphatic rings. The van der Waals surface area contributed by atoms with E-state index in [4.69, 9.17) is 0 Å². The summed E-state index contributed by atoms with van der Waals surface area (Å²) in [6, 6.07) is 6.17. The molecular weight excluding hydrogens is 382 g/mol. The number of piperidine rings is 1. The Morgan fingerprint density at radius 1 is 1.17 bits per heavy atom. The maximum absolute atomic E-state index is 12.6. The molecule has 1 amide bonds. The SMILES string of the molecule is Cn1cc(-c2ccc3cnc(NC(=O)c4cn(C5CCNCC5)nn4)nc3c2)cn1. The van der Waals surface area contributed by atoms with Crippen molar-refractivity contribution in [2.45, 2.75) is 18.9 Å². The van der Waals surface area contributed by atoms with Crippen LogP contribution in [0.4, 0.5) is 5.95 Å². The van der Waals surface area contributed by atoms with E-state index in [1.807, 2.05) is 31.4 Å². The summed E-state index contributed by atoms with van der Waals surface area (Å²) in [7, 11) is 1.88. The molecule has 0 unspecified atom stereocenters. The van der Waals surface area contributed by atoms with E-state index in [-0.39, 0.29) is 23.6 Å². The average Bonchev–Trinajstić information content (AvgIpc) is 3.43. The molecule has 0 aliphatic carbocycles. The third-order valence-electron chi connectivity index (χ3n) is 5.27. The first kappa shape index (κ1) is 18.4. The normalized spacial score (nSPS) is 14.8. The minimum absolute atomic E-state index is 0.229. The number of carbonyl (C=O) groups excluding carboxylic acids is 1. The number of rotatable bonds is 4. The fraction of sp³-hybridized carbons (Fsp3) is 0.300. The fourth-order valence-corrected chi connectivity index (χ4v) is 3.63. The van der Waals surface area contributed by atoms with E-state index in [1.165, 1.54) is 0 Å². The van der Waals surface area contributed by atoms with Crippen LogP contribution in [0.3, 0.4) is 0 Å². The molecule has 0 spiro atoms. The minimum Gasteiger partial charge on any atom is -0.317 e. The number of aromatic nitrogens is 7. The first-order valence-corrected chi connectivity index (χ1v) is 9.85. The van der Waals surface area contributed by atoms with E-state index in [2.05, 4.69) is 36.0 Å². The maximum atomic E-state index is 12.6. The van der Waals surface area contributed by atoms with E-state index < -0.39 is 0 Å². The second-order valence-electron chi connectivity index (χ2n) is 7.39. The van der Waals surface area contributed by atoms with E-state index in [0.717, 1.165) is 48.0 Å². The van der Waals surface area contributed by atoms with Gasteiger partial charge in [-0.1, -0.05) is 17.3 Å². The number of amides is 1. The van der Waals surface area contributed by atoms with E-state index in [1.54, 1.807) is 28.0 Å². The van der Waals surface area contributed by atoms with Gasteiger partial charge >= 0.3 is 0 Å². The van der Waals surface area contributed by atoms with Crippen LogP contribution in [0.2, 0.25) is 0 Å². The number of hydrogen-bond donors (Lipinski definition) is 2. The molecule has 1 saturated heterocycles. The Hall–Kier alpha value is -3.66. The van der Waals surface area contributed by atoms with E-state index in [0.29, 0.717) is 0 Å². The highest BCUT2D eigenvalue weighted by Crippen LogP contribution is 2.23. The molecule has 0 radical (unpaired) electrons. The number of nitrogens with one attached hydrogen (secondary N) is 2. The Balaban J connectivity index is 1.35. The summed E-state index contributed by atoms with van der Waals surface area (Å²) in [5, 5.41) is 19.3. The number of carbonyl (C=O) groups is 1. The predicted octanol–water partition coefficient (Wildman–Crippen LogP) is 1.80. The van der Waals surface area contributed by atoms with Crippen LogP contribution in [0, 0.1) is 0 Å². The molecular formula is C20H21N9O. The topological polar surface area (TPSA) is 115 Å². The lowest BCUT2D eigenvalue weighted by Gasteiger charge is -2.22. The van der Waals surface area contributed by atoms with Crippen LogP contribution in [0.15, 0.2) is 43.0 Å². The minimum atomic E-state index is -0.377. The highest BCUT2D eigenvalue weighted by molar-refractivity contribution is 6.02. The van der Waals surface area contributed by atoms with Crippen LogP contribution in [0.1, 0.15) is 29.4 Å². The third-order valence-corrected chi connectivity index (χ3v) is 5.27. The van der Waals surface area contributed by atoms with Gasteiger partial charge in [0.15, 0.2) is 5.69 Å². The molecule has 152 valence electrons. The van der Waals surface area contributed by atoms with Crippen molar-refractivity contribution in [2.24, 2.45) is 7.05 Å². The predicted molar refractivity (Wildman–Crippen MR) is 111 cm³/mol. The molecule has 1 aromatic carbocycles. The van der Waals surface area contributed by atoms with Crippen LogP contribution in [0.25, 0.3) is 22.0 Å². The lowest BCUT2D eigenvalue weighted by molar-refractivity contribution is 0.102. The molecule has 10 heteroatoms. The molecule has 1 fully saturated rings. The summed E-state index contributed by atoms with van der Waals surface area (Å²) in [4.78, 5) is 21.4. The molecule has 10 nitrogen and oxygen atoms in total. The van der Waals surface area contributed by atoms with Crippen LogP contribution in [0.5, 0.6) is 0 Å².